The average Bonchev–Trinajstić information content (AvgIpc) is 2.40. The third kappa shape index (κ3) is 7.05. The summed E-state index contributed by atoms with van der Waals surface area (Å²) < 4.78 is 5.46. The Labute approximate surface area is 126 Å². The number of rotatable bonds is 10. The summed E-state index contributed by atoms with van der Waals surface area (Å²) in [6, 6.07) is 0. The van der Waals surface area contributed by atoms with Gasteiger partial charge in [0.1, 0.15) is 0 Å². The van der Waals surface area contributed by atoms with Crippen molar-refractivity contribution in [2.45, 2.75) is 52.9 Å². The Kier molecular flexibility index (Phi) is 8.74. The second kappa shape index (κ2) is 9.75. The number of hydrogen-bond acceptors (Lipinski definition) is 3. The zero-order valence-electron chi connectivity index (χ0n) is 14.2. The van der Waals surface area contributed by atoms with Gasteiger partial charge < -0.3 is 15.0 Å². The molecule has 0 aromatic rings. The van der Waals surface area contributed by atoms with E-state index in [1.165, 1.54) is 45.2 Å². The standard InChI is InChI=1S/C17H36N2O/c1-5-9-17(3,14-18-10-6-2)15-19(4)13-16-7-11-20-12-8-16/h16,18H,5-15H2,1-4H3. The van der Waals surface area contributed by atoms with Crippen molar-refractivity contribution in [2.75, 3.05) is 46.4 Å². The van der Waals surface area contributed by atoms with Crippen LogP contribution in [-0.4, -0.2) is 51.3 Å². The number of ether oxygens (including phenoxy) is 1. The minimum Gasteiger partial charge on any atom is -0.381 e. The molecular formula is C17H36N2O. The van der Waals surface area contributed by atoms with Crippen molar-refractivity contribution in [3.8, 4) is 0 Å². The molecule has 0 amide bonds. The summed E-state index contributed by atoms with van der Waals surface area (Å²) in [6.07, 6.45) is 6.28. The minimum absolute atomic E-state index is 0.407. The van der Waals surface area contributed by atoms with Crippen molar-refractivity contribution < 1.29 is 4.74 Å². The molecule has 1 aliphatic heterocycles. The van der Waals surface area contributed by atoms with Crippen molar-refractivity contribution in [1.29, 1.82) is 0 Å². The Morgan fingerprint density at radius 2 is 1.90 bits per heavy atom. The molecule has 20 heavy (non-hydrogen) atoms. The van der Waals surface area contributed by atoms with Gasteiger partial charge in [-0.3, -0.25) is 0 Å². The quantitative estimate of drug-likeness (QED) is 0.624. The molecule has 1 unspecified atom stereocenters. The highest BCUT2D eigenvalue weighted by Crippen LogP contribution is 2.25. The van der Waals surface area contributed by atoms with Gasteiger partial charge in [-0.05, 0) is 50.6 Å². The lowest BCUT2D eigenvalue weighted by atomic mass is 9.84. The summed E-state index contributed by atoms with van der Waals surface area (Å²) in [4.78, 5) is 2.55. The fourth-order valence-electron chi connectivity index (χ4n) is 3.48. The van der Waals surface area contributed by atoms with E-state index >= 15 is 0 Å². The van der Waals surface area contributed by atoms with Crippen LogP contribution >= 0.6 is 0 Å². The molecule has 1 aliphatic rings. The molecule has 0 aromatic carbocycles. The average molecular weight is 284 g/mol. The zero-order valence-corrected chi connectivity index (χ0v) is 14.2. The number of hydrogen-bond donors (Lipinski definition) is 1. The van der Waals surface area contributed by atoms with E-state index < -0.39 is 0 Å². The van der Waals surface area contributed by atoms with Crippen molar-refractivity contribution in [2.24, 2.45) is 11.3 Å². The molecule has 1 atom stereocenters. The van der Waals surface area contributed by atoms with Crippen LogP contribution < -0.4 is 5.32 Å². The Bertz CT molecular complexity index is 241. The Balaban J connectivity index is 2.37. The van der Waals surface area contributed by atoms with Crippen LogP contribution in [0.25, 0.3) is 0 Å². The first-order valence-corrected chi connectivity index (χ1v) is 8.56. The molecule has 0 spiro atoms. The van der Waals surface area contributed by atoms with Gasteiger partial charge in [-0.2, -0.15) is 0 Å². The van der Waals surface area contributed by atoms with Gasteiger partial charge in [0.2, 0.25) is 0 Å². The van der Waals surface area contributed by atoms with Crippen LogP contribution in [0, 0.1) is 11.3 Å². The molecule has 120 valence electrons. The monoisotopic (exact) mass is 284 g/mol. The highest BCUT2D eigenvalue weighted by atomic mass is 16.5. The molecule has 1 rings (SSSR count). The van der Waals surface area contributed by atoms with E-state index in [0.29, 0.717) is 5.41 Å². The Morgan fingerprint density at radius 1 is 1.20 bits per heavy atom. The van der Waals surface area contributed by atoms with Gasteiger partial charge in [0, 0.05) is 32.8 Å². The van der Waals surface area contributed by atoms with E-state index in [1.807, 2.05) is 0 Å². The first-order chi connectivity index (χ1) is 9.59. The lowest BCUT2D eigenvalue weighted by Gasteiger charge is -2.36. The molecule has 1 N–H and O–H groups in total. The van der Waals surface area contributed by atoms with E-state index in [1.54, 1.807) is 0 Å². The van der Waals surface area contributed by atoms with Crippen LogP contribution in [0.5, 0.6) is 0 Å². The summed E-state index contributed by atoms with van der Waals surface area (Å²) in [5.41, 5.74) is 0.407. The summed E-state index contributed by atoms with van der Waals surface area (Å²) in [6.45, 7) is 13.6. The van der Waals surface area contributed by atoms with Gasteiger partial charge in [0.25, 0.3) is 0 Å². The predicted octanol–water partition coefficient (Wildman–Crippen LogP) is 3.15. The third-order valence-corrected chi connectivity index (χ3v) is 4.39. The normalized spacial score (nSPS) is 20.2. The number of nitrogens with one attached hydrogen (secondary N) is 1. The van der Waals surface area contributed by atoms with Gasteiger partial charge in [-0.15, -0.1) is 0 Å². The molecule has 0 radical (unpaired) electrons. The van der Waals surface area contributed by atoms with Gasteiger partial charge >= 0.3 is 0 Å². The van der Waals surface area contributed by atoms with Crippen LogP contribution in [0.1, 0.15) is 52.9 Å². The van der Waals surface area contributed by atoms with E-state index in [4.69, 9.17) is 4.74 Å². The fraction of sp³-hybridized carbons (Fsp3) is 1.00. The smallest absolute Gasteiger partial charge is 0.0469 e. The zero-order chi connectivity index (χ0) is 14.8. The Morgan fingerprint density at radius 3 is 2.50 bits per heavy atom. The van der Waals surface area contributed by atoms with E-state index in [0.717, 1.165) is 32.2 Å². The molecule has 3 heteroatoms. The van der Waals surface area contributed by atoms with Crippen LogP contribution in [0.4, 0.5) is 0 Å². The second-order valence-electron chi connectivity index (χ2n) is 6.99. The number of nitrogens with zero attached hydrogens (tertiary/aromatic N) is 1. The summed E-state index contributed by atoms with van der Waals surface area (Å²) in [5.74, 6) is 0.836. The second-order valence-corrected chi connectivity index (χ2v) is 6.99. The van der Waals surface area contributed by atoms with E-state index in [9.17, 15) is 0 Å². The van der Waals surface area contributed by atoms with Crippen molar-refractivity contribution in [3.63, 3.8) is 0 Å². The summed E-state index contributed by atoms with van der Waals surface area (Å²) in [5, 5.41) is 3.62. The summed E-state index contributed by atoms with van der Waals surface area (Å²) >= 11 is 0. The molecule has 0 bridgehead atoms. The maximum Gasteiger partial charge on any atom is 0.0469 e. The molecule has 1 saturated heterocycles. The molecule has 0 saturated carbocycles. The SMILES string of the molecule is CCCNCC(C)(CCC)CN(C)CC1CCOCC1. The van der Waals surface area contributed by atoms with Crippen molar-refractivity contribution in [3.05, 3.63) is 0 Å². The first kappa shape index (κ1) is 17.9. The topological polar surface area (TPSA) is 24.5 Å². The largest absolute Gasteiger partial charge is 0.381 e. The summed E-state index contributed by atoms with van der Waals surface area (Å²) in [7, 11) is 2.29. The Hall–Kier alpha value is -0.120. The van der Waals surface area contributed by atoms with Gasteiger partial charge in [0.15, 0.2) is 0 Å². The predicted molar refractivity (Wildman–Crippen MR) is 87.2 cm³/mol. The molecule has 0 aromatic heterocycles. The van der Waals surface area contributed by atoms with Crippen LogP contribution in [0.3, 0.4) is 0 Å². The third-order valence-electron chi connectivity index (χ3n) is 4.39. The maximum absolute atomic E-state index is 5.46. The van der Waals surface area contributed by atoms with Gasteiger partial charge in [0.05, 0.1) is 0 Å². The van der Waals surface area contributed by atoms with Crippen LogP contribution in [0.15, 0.2) is 0 Å². The van der Waals surface area contributed by atoms with Crippen molar-refractivity contribution in [1.82, 2.24) is 10.2 Å². The first-order valence-electron chi connectivity index (χ1n) is 8.56. The molecule has 1 heterocycles. The molecule has 3 nitrogen and oxygen atoms in total. The fourth-order valence-corrected chi connectivity index (χ4v) is 3.48. The van der Waals surface area contributed by atoms with Crippen LogP contribution in [-0.2, 0) is 4.74 Å². The lowest BCUT2D eigenvalue weighted by Crippen LogP contribution is -2.43. The highest BCUT2D eigenvalue weighted by Gasteiger charge is 2.26. The van der Waals surface area contributed by atoms with E-state index in [-0.39, 0.29) is 0 Å². The lowest BCUT2D eigenvalue weighted by molar-refractivity contribution is 0.0496. The molecular weight excluding hydrogens is 248 g/mol. The van der Waals surface area contributed by atoms with Gasteiger partial charge in [-0.1, -0.05) is 27.2 Å². The molecule has 0 aliphatic carbocycles. The maximum atomic E-state index is 5.46. The van der Waals surface area contributed by atoms with Gasteiger partial charge in [-0.25, -0.2) is 0 Å². The molecule has 1 fully saturated rings. The van der Waals surface area contributed by atoms with Crippen molar-refractivity contribution >= 4 is 0 Å². The highest BCUT2D eigenvalue weighted by molar-refractivity contribution is 4.81. The van der Waals surface area contributed by atoms with E-state index in [2.05, 4.69) is 38.0 Å². The minimum atomic E-state index is 0.407. The van der Waals surface area contributed by atoms with Crippen LogP contribution in [0.2, 0.25) is 0 Å².